The zero-order valence-electron chi connectivity index (χ0n) is 13.2. The molecule has 1 atom stereocenters. The normalized spacial score (nSPS) is 12.3. The highest BCUT2D eigenvalue weighted by Crippen LogP contribution is 2.32. The first-order valence-electron chi connectivity index (χ1n) is 7.76. The Morgan fingerprint density at radius 2 is 1.74 bits per heavy atom. The molecular formula is C20H21NO2. The highest BCUT2D eigenvalue weighted by Gasteiger charge is 2.16. The fourth-order valence-electron chi connectivity index (χ4n) is 3.05. The fourth-order valence-corrected chi connectivity index (χ4v) is 3.05. The second-order valence-corrected chi connectivity index (χ2v) is 5.70. The minimum atomic E-state index is 0.176. The third-order valence-corrected chi connectivity index (χ3v) is 4.32. The maximum absolute atomic E-state index is 9.47. The smallest absolute Gasteiger partial charge is 0.122 e. The Labute approximate surface area is 136 Å². The van der Waals surface area contributed by atoms with E-state index in [0.29, 0.717) is 6.54 Å². The van der Waals surface area contributed by atoms with Crippen LogP contribution in [0, 0.1) is 0 Å². The summed E-state index contributed by atoms with van der Waals surface area (Å²) in [4.78, 5) is 0. The van der Waals surface area contributed by atoms with Gasteiger partial charge in [0, 0.05) is 11.5 Å². The van der Waals surface area contributed by atoms with Gasteiger partial charge in [-0.05, 0) is 47.5 Å². The topological polar surface area (TPSA) is 55.5 Å². The van der Waals surface area contributed by atoms with Crippen molar-refractivity contribution in [1.82, 2.24) is 0 Å². The Kier molecular flexibility index (Phi) is 4.49. The molecule has 0 saturated heterocycles. The fraction of sp³-hybridized carbons (Fsp3) is 0.200. The molecule has 0 fully saturated rings. The van der Waals surface area contributed by atoms with Crippen LogP contribution in [0.3, 0.4) is 0 Å². The molecule has 0 aliphatic carbocycles. The molecule has 0 radical (unpaired) electrons. The van der Waals surface area contributed by atoms with Crippen molar-refractivity contribution >= 4 is 10.8 Å². The number of nitrogens with two attached hydrogens (primary N) is 1. The number of phenols is 1. The maximum atomic E-state index is 9.47. The summed E-state index contributed by atoms with van der Waals surface area (Å²) in [6.45, 7) is 0.539. The van der Waals surface area contributed by atoms with Gasteiger partial charge in [0.1, 0.15) is 11.5 Å². The van der Waals surface area contributed by atoms with E-state index in [-0.39, 0.29) is 11.7 Å². The van der Waals surface area contributed by atoms with Gasteiger partial charge in [-0.15, -0.1) is 0 Å². The van der Waals surface area contributed by atoms with Crippen LogP contribution in [0.1, 0.15) is 17.0 Å². The van der Waals surface area contributed by atoms with E-state index in [1.54, 1.807) is 19.2 Å². The Morgan fingerprint density at radius 3 is 2.43 bits per heavy atom. The minimum absolute atomic E-state index is 0.176. The third-order valence-electron chi connectivity index (χ3n) is 4.32. The average Bonchev–Trinajstić information content (AvgIpc) is 2.60. The standard InChI is InChI=1S/C20H21NO2/c1-23-20-11-8-15-4-2-3-5-18(15)19(20)12-16(13-21)14-6-9-17(22)10-7-14/h2-11,16,22H,12-13,21H2,1H3. The van der Waals surface area contributed by atoms with Gasteiger partial charge in [-0.25, -0.2) is 0 Å². The molecule has 1 unspecified atom stereocenters. The number of ether oxygens (including phenoxy) is 1. The van der Waals surface area contributed by atoms with Crippen molar-refractivity contribution in [2.45, 2.75) is 12.3 Å². The predicted molar refractivity (Wildman–Crippen MR) is 94.1 cm³/mol. The summed E-state index contributed by atoms with van der Waals surface area (Å²) in [5.41, 5.74) is 8.32. The highest BCUT2D eigenvalue weighted by atomic mass is 16.5. The van der Waals surface area contributed by atoms with Crippen LogP contribution in [0.25, 0.3) is 10.8 Å². The summed E-state index contributed by atoms with van der Waals surface area (Å²) < 4.78 is 5.57. The van der Waals surface area contributed by atoms with Gasteiger partial charge in [-0.2, -0.15) is 0 Å². The molecular weight excluding hydrogens is 286 g/mol. The molecule has 0 bridgehead atoms. The van der Waals surface area contributed by atoms with Crippen LogP contribution in [-0.4, -0.2) is 18.8 Å². The van der Waals surface area contributed by atoms with Crippen molar-refractivity contribution in [1.29, 1.82) is 0 Å². The number of aromatic hydroxyl groups is 1. The first-order valence-corrected chi connectivity index (χ1v) is 7.76. The zero-order valence-corrected chi connectivity index (χ0v) is 13.2. The summed E-state index contributed by atoms with van der Waals surface area (Å²) in [7, 11) is 1.70. The van der Waals surface area contributed by atoms with E-state index >= 15 is 0 Å². The van der Waals surface area contributed by atoms with Gasteiger partial charge in [0.15, 0.2) is 0 Å². The summed E-state index contributed by atoms with van der Waals surface area (Å²) in [5.74, 6) is 1.34. The zero-order chi connectivity index (χ0) is 16.2. The first kappa shape index (κ1) is 15.4. The van der Waals surface area contributed by atoms with Gasteiger partial charge in [-0.3, -0.25) is 0 Å². The van der Waals surface area contributed by atoms with Crippen LogP contribution in [0.5, 0.6) is 11.5 Å². The lowest BCUT2D eigenvalue weighted by molar-refractivity contribution is 0.409. The van der Waals surface area contributed by atoms with Crippen LogP contribution < -0.4 is 10.5 Å². The van der Waals surface area contributed by atoms with Crippen molar-refractivity contribution in [3.05, 3.63) is 71.8 Å². The molecule has 3 aromatic rings. The van der Waals surface area contributed by atoms with Crippen LogP contribution >= 0.6 is 0 Å². The largest absolute Gasteiger partial charge is 0.508 e. The molecule has 0 saturated carbocycles. The Balaban J connectivity index is 2.03. The molecule has 0 aliphatic rings. The number of rotatable bonds is 5. The summed E-state index contributed by atoms with van der Waals surface area (Å²) in [6, 6.07) is 19.7. The quantitative estimate of drug-likeness (QED) is 0.753. The molecule has 118 valence electrons. The van der Waals surface area contributed by atoms with Crippen molar-refractivity contribution in [2.24, 2.45) is 5.73 Å². The number of hydrogen-bond donors (Lipinski definition) is 2. The Hall–Kier alpha value is -2.52. The summed E-state index contributed by atoms with van der Waals surface area (Å²) in [5, 5.41) is 11.9. The van der Waals surface area contributed by atoms with Gasteiger partial charge in [-0.1, -0.05) is 42.5 Å². The van der Waals surface area contributed by atoms with Crippen LogP contribution in [0.2, 0.25) is 0 Å². The minimum Gasteiger partial charge on any atom is -0.508 e. The van der Waals surface area contributed by atoms with Crippen LogP contribution in [-0.2, 0) is 6.42 Å². The van der Waals surface area contributed by atoms with E-state index in [1.807, 2.05) is 30.3 Å². The van der Waals surface area contributed by atoms with E-state index in [4.69, 9.17) is 10.5 Å². The van der Waals surface area contributed by atoms with E-state index in [0.717, 1.165) is 17.7 Å². The Morgan fingerprint density at radius 1 is 1.00 bits per heavy atom. The number of hydrogen-bond acceptors (Lipinski definition) is 3. The monoisotopic (exact) mass is 307 g/mol. The lowest BCUT2D eigenvalue weighted by atomic mass is 9.89. The molecule has 0 aromatic heterocycles. The van der Waals surface area contributed by atoms with Crippen molar-refractivity contribution < 1.29 is 9.84 Å². The predicted octanol–water partition coefficient (Wildman–Crippen LogP) is 3.84. The van der Waals surface area contributed by atoms with Gasteiger partial charge in [0.2, 0.25) is 0 Å². The number of phenolic OH excluding ortho intramolecular Hbond substituents is 1. The van der Waals surface area contributed by atoms with E-state index in [1.165, 1.54) is 16.3 Å². The molecule has 0 amide bonds. The SMILES string of the molecule is COc1ccc2ccccc2c1CC(CN)c1ccc(O)cc1. The molecule has 23 heavy (non-hydrogen) atoms. The molecule has 3 N–H and O–H groups in total. The molecule has 0 spiro atoms. The summed E-state index contributed by atoms with van der Waals surface area (Å²) in [6.07, 6.45) is 0.797. The molecule has 3 aromatic carbocycles. The third kappa shape index (κ3) is 3.15. The second kappa shape index (κ2) is 6.71. The molecule has 3 heteroatoms. The average molecular weight is 307 g/mol. The number of benzene rings is 3. The van der Waals surface area contributed by atoms with Gasteiger partial charge >= 0.3 is 0 Å². The second-order valence-electron chi connectivity index (χ2n) is 5.70. The van der Waals surface area contributed by atoms with Gasteiger partial charge < -0.3 is 15.6 Å². The molecule has 3 rings (SSSR count). The van der Waals surface area contributed by atoms with E-state index in [2.05, 4.69) is 18.2 Å². The van der Waals surface area contributed by atoms with Crippen molar-refractivity contribution in [3.63, 3.8) is 0 Å². The Bertz CT molecular complexity index is 796. The van der Waals surface area contributed by atoms with Crippen molar-refractivity contribution in [3.8, 4) is 11.5 Å². The van der Waals surface area contributed by atoms with Crippen LogP contribution in [0.4, 0.5) is 0 Å². The molecule has 0 heterocycles. The lowest BCUT2D eigenvalue weighted by Gasteiger charge is -2.19. The van der Waals surface area contributed by atoms with E-state index in [9.17, 15) is 5.11 Å². The van der Waals surface area contributed by atoms with Gasteiger partial charge in [0.05, 0.1) is 7.11 Å². The maximum Gasteiger partial charge on any atom is 0.122 e. The first-order chi connectivity index (χ1) is 11.2. The number of methoxy groups -OCH3 is 1. The molecule has 0 aliphatic heterocycles. The van der Waals surface area contributed by atoms with Gasteiger partial charge in [0.25, 0.3) is 0 Å². The van der Waals surface area contributed by atoms with Crippen molar-refractivity contribution in [2.75, 3.05) is 13.7 Å². The number of fused-ring (bicyclic) bond motifs is 1. The molecule has 3 nitrogen and oxygen atoms in total. The lowest BCUT2D eigenvalue weighted by Crippen LogP contribution is -2.15. The highest BCUT2D eigenvalue weighted by molar-refractivity contribution is 5.87. The van der Waals surface area contributed by atoms with E-state index < -0.39 is 0 Å². The van der Waals surface area contributed by atoms with Crippen LogP contribution in [0.15, 0.2) is 60.7 Å². The summed E-state index contributed by atoms with van der Waals surface area (Å²) >= 11 is 0.